The molecule has 4 rings (SSSR count). The van der Waals surface area contributed by atoms with Crippen LogP contribution in [0.2, 0.25) is 0 Å². The molecule has 0 aliphatic heterocycles. The van der Waals surface area contributed by atoms with Crippen molar-refractivity contribution in [3.8, 4) is 17.1 Å². The third kappa shape index (κ3) is 6.01. The summed E-state index contributed by atoms with van der Waals surface area (Å²) in [6, 6.07) is 24.5. The number of hydrogen-bond acceptors (Lipinski definition) is 7. The first-order chi connectivity index (χ1) is 17.0. The lowest BCUT2D eigenvalue weighted by molar-refractivity contribution is -0.118. The van der Waals surface area contributed by atoms with Crippen molar-refractivity contribution < 1.29 is 14.3 Å². The Hall–Kier alpha value is -4.24. The topological polar surface area (TPSA) is 98.5 Å². The molecule has 8 nitrogen and oxygen atoms in total. The number of nitrogens with zero attached hydrogens (tertiary/aromatic N) is 4. The number of thioether (sulfide) groups is 1. The number of esters is 1. The van der Waals surface area contributed by atoms with Gasteiger partial charge in [0.05, 0.1) is 24.6 Å². The van der Waals surface area contributed by atoms with Crippen LogP contribution in [0.3, 0.4) is 0 Å². The lowest BCUT2D eigenvalue weighted by Crippen LogP contribution is -2.20. The maximum atomic E-state index is 12.4. The second-order valence-electron chi connectivity index (χ2n) is 7.54. The third-order valence-corrected chi connectivity index (χ3v) is 5.95. The number of carbonyl (C=O) groups excluding carboxylic acids is 2. The Labute approximate surface area is 207 Å². The molecule has 4 aromatic rings. The number of methoxy groups -OCH3 is 1. The molecule has 9 heteroatoms. The van der Waals surface area contributed by atoms with E-state index in [0.717, 1.165) is 22.4 Å². The van der Waals surface area contributed by atoms with E-state index >= 15 is 0 Å². The maximum absolute atomic E-state index is 12.4. The van der Waals surface area contributed by atoms with Crippen molar-refractivity contribution in [2.75, 3.05) is 12.9 Å². The number of aryl methyl sites for hydroxylation is 1. The Bertz CT molecular complexity index is 1330. The Kier molecular flexibility index (Phi) is 7.69. The highest BCUT2D eigenvalue weighted by Gasteiger charge is 2.17. The lowest BCUT2D eigenvalue weighted by atomic mass is 10.1. The Balaban J connectivity index is 1.43. The van der Waals surface area contributed by atoms with Crippen molar-refractivity contribution in [3.63, 3.8) is 0 Å². The van der Waals surface area contributed by atoms with E-state index in [4.69, 9.17) is 0 Å². The van der Waals surface area contributed by atoms with Crippen LogP contribution in [0.5, 0.6) is 0 Å². The van der Waals surface area contributed by atoms with Gasteiger partial charge in [-0.2, -0.15) is 5.10 Å². The summed E-state index contributed by atoms with van der Waals surface area (Å²) in [6.07, 6.45) is 1.51. The number of para-hydroxylation sites is 1. The van der Waals surface area contributed by atoms with E-state index in [9.17, 15) is 9.59 Å². The van der Waals surface area contributed by atoms with Gasteiger partial charge in [-0.3, -0.25) is 9.36 Å². The number of hydrogen-bond donors (Lipinski definition) is 1. The first kappa shape index (κ1) is 23.9. The number of hydrazone groups is 1. The molecule has 0 spiro atoms. The minimum Gasteiger partial charge on any atom is -0.465 e. The van der Waals surface area contributed by atoms with E-state index in [1.807, 2.05) is 66.1 Å². The van der Waals surface area contributed by atoms with Gasteiger partial charge in [0.1, 0.15) is 0 Å². The van der Waals surface area contributed by atoms with Crippen molar-refractivity contribution in [1.82, 2.24) is 20.2 Å². The normalized spacial score (nSPS) is 10.9. The van der Waals surface area contributed by atoms with Crippen molar-refractivity contribution in [2.24, 2.45) is 5.10 Å². The molecule has 0 fully saturated rings. The van der Waals surface area contributed by atoms with Crippen LogP contribution < -0.4 is 5.43 Å². The van der Waals surface area contributed by atoms with Gasteiger partial charge in [0.15, 0.2) is 11.0 Å². The van der Waals surface area contributed by atoms with E-state index in [0.29, 0.717) is 16.5 Å². The zero-order valence-electron chi connectivity index (χ0n) is 19.2. The predicted octanol–water partition coefficient (Wildman–Crippen LogP) is 4.27. The molecule has 0 bridgehead atoms. The Morgan fingerprint density at radius 3 is 2.40 bits per heavy atom. The van der Waals surface area contributed by atoms with Gasteiger partial charge in [-0.25, -0.2) is 10.2 Å². The smallest absolute Gasteiger partial charge is 0.337 e. The monoisotopic (exact) mass is 485 g/mol. The van der Waals surface area contributed by atoms with Crippen molar-refractivity contribution in [3.05, 3.63) is 95.6 Å². The lowest BCUT2D eigenvalue weighted by Gasteiger charge is -2.10. The number of ether oxygens (including phenoxy) is 1. The maximum Gasteiger partial charge on any atom is 0.337 e. The van der Waals surface area contributed by atoms with Crippen LogP contribution >= 0.6 is 11.8 Å². The summed E-state index contributed by atoms with van der Waals surface area (Å²) < 4.78 is 6.62. The molecule has 0 saturated carbocycles. The molecule has 3 aromatic carbocycles. The van der Waals surface area contributed by atoms with Gasteiger partial charge in [-0.05, 0) is 36.8 Å². The van der Waals surface area contributed by atoms with E-state index in [1.54, 1.807) is 24.3 Å². The molecule has 0 saturated heterocycles. The van der Waals surface area contributed by atoms with Crippen LogP contribution in [0.1, 0.15) is 21.5 Å². The number of carbonyl (C=O) groups is 2. The molecule has 0 aliphatic carbocycles. The van der Waals surface area contributed by atoms with Gasteiger partial charge in [0.25, 0.3) is 5.91 Å². The van der Waals surface area contributed by atoms with Gasteiger partial charge in [-0.1, -0.05) is 71.9 Å². The Morgan fingerprint density at radius 2 is 1.71 bits per heavy atom. The van der Waals surface area contributed by atoms with E-state index < -0.39 is 5.97 Å². The molecular weight excluding hydrogens is 462 g/mol. The third-order valence-electron chi connectivity index (χ3n) is 5.02. The molecule has 35 heavy (non-hydrogen) atoms. The fourth-order valence-electron chi connectivity index (χ4n) is 3.23. The fraction of sp³-hybridized carbons (Fsp3) is 0.115. The summed E-state index contributed by atoms with van der Waals surface area (Å²) in [5.41, 5.74) is 6.69. The average Bonchev–Trinajstić information content (AvgIpc) is 3.32. The van der Waals surface area contributed by atoms with Gasteiger partial charge in [-0.15, -0.1) is 10.2 Å². The molecule has 1 heterocycles. The van der Waals surface area contributed by atoms with Crippen LogP contribution in [-0.4, -0.2) is 45.7 Å². The second kappa shape index (κ2) is 11.3. The zero-order valence-corrected chi connectivity index (χ0v) is 20.0. The van der Waals surface area contributed by atoms with Crippen LogP contribution in [0.15, 0.2) is 89.1 Å². The highest BCUT2D eigenvalue weighted by molar-refractivity contribution is 7.99. The molecule has 0 unspecified atom stereocenters. The van der Waals surface area contributed by atoms with Crippen LogP contribution in [0, 0.1) is 6.92 Å². The predicted molar refractivity (Wildman–Crippen MR) is 136 cm³/mol. The summed E-state index contributed by atoms with van der Waals surface area (Å²) in [6.45, 7) is 2.03. The average molecular weight is 486 g/mol. The highest BCUT2D eigenvalue weighted by Crippen LogP contribution is 2.28. The standard InChI is InChI=1S/C26H23N5O3S/c1-18-8-12-20(13-9-18)24-29-30-26(31(24)22-6-4-3-5-7-22)35-17-23(32)28-27-16-19-10-14-21(15-11-19)25(33)34-2/h3-16H,17H2,1-2H3,(H,28,32)/b27-16-. The largest absolute Gasteiger partial charge is 0.465 e. The summed E-state index contributed by atoms with van der Waals surface area (Å²) in [5.74, 6) is 0.120. The van der Waals surface area contributed by atoms with Gasteiger partial charge >= 0.3 is 5.97 Å². The minimum absolute atomic E-state index is 0.109. The van der Waals surface area contributed by atoms with Crippen LogP contribution in [0.25, 0.3) is 17.1 Å². The first-order valence-corrected chi connectivity index (χ1v) is 11.7. The van der Waals surface area contributed by atoms with Gasteiger partial charge in [0.2, 0.25) is 0 Å². The number of aromatic nitrogens is 3. The minimum atomic E-state index is -0.410. The SMILES string of the molecule is COC(=O)c1ccc(/C=N\NC(=O)CSc2nnc(-c3ccc(C)cc3)n2-c2ccccc2)cc1. The molecule has 1 aromatic heterocycles. The van der Waals surface area contributed by atoms with Crippen LogP contribution in [0.4, 0.5) is 0 Å². The fourth-order valence-corrected chi connectivity index (χ4v) is 3.97. The van der Waals surface area contributed by atoms with Crippen molar-refractivity contribution in [1.29, 1.82) is 0 Å². The molecule has 1 N–H and O–H groups in total. The van der Waals surface area contributed by atoms with E-state index in [1.165, 1.54) is 25.1 Å². The highest BCUT2D eigenvalue weighted by atomic mass is 32.2. The number of rotatable bonds is 8. The zero-order chi connectivity index (χ0) is 24.6. The van der Waals surface area contributed by atoms with Crippen LogP contribution in [-0.2, 0) is 9.53 Å². The number of benzene rings is 3. The quantitative estimate of drug-likeness (QED) is 0.173. The number of amides is 1. The van der Waals surface area contributed by atoms with Gasteiger partial charge < -0.3 is 4.74 Å². The molecule has 0 atom stereocenters. The van der Waals surface area contributed by atoms with Gasteiger partial charge in [0, 0.05) is 11.3 Å². The first-order valence-electron chi connectivity index (χ1n) is 10.8. The summed E-state index contributed by atoms with van der Waals surface area (Å²) >= 11 is 1.27. The molecule has 0 radical (unpaired) electrons. The molecule has 1 amide bonds. The summed E-state index contributed by atoms with van der Waals surface area (Å²) in [5, 5.41) is 13.3. The Morgan fingerprint density at radius 1 is 1.00 bits per heavy atom. The van der Waals surface area contributed by atoms with E-state index in [2.05, 4.69) is 25.5 Å². The van der Waals surface area contributed by atoms with Crippen molar-refractivity contribution in [2.45, 2.75) is 12.1 Å². The summed E-state index contributed by atoms with van der Waals surface area (Å²) in [4.78, 5) is 23.9. The molecular formula is C26H23N5O3S. The number of nitrogens with one attached hydrogen (secondary N) is 1. The summed E-state index contributed by atoms with van der Waals surface area (Å²) in [7, 11) is 1.33. The van der Waals surface area contributed by atoms with Crippen molar-refractivity contribution >= 4 is 29.9 Å². The molecule has 176 valence electrons. The van der Waals surface area contributed by atoms with E-state index in [-0.39, 0.29) is 11.7 Å². The molecule has 0 aliphatic rings. The second-order valence-corrected chi connectivity index (χ2v) is 8.48.